The minimum Gasteiger partial charge on any atom is -0.340 e. The molecule has 1 heterocycles. The summed E-state index contributed by atoms with van der Waals surface area (Å²) in [6, 6.07) is 0.387. The number of carbonyl (C=O) groups is 1. The van der Waals surface area contributed by atoms with Gasteiger partial charge in [0.25, 0.3) is 0 Å². The Labute approximate surface area is 112 Å². The molecule has 0 saturated carbocycles. The van der Waals surface area contributed by atoms with E-state index in [1.807, 2.05) is 0 Å². The van der Waals surface area contributed by atoms with E-state index in [4.69, 9.17) is 5.73 Å². The first-order chi connectivity index (χ1) is 8.36. The molecule has 1 fully saturated rings. The first-order valence-corrected chi connectivity index (χ1v) is 7.41. The molecule has 0 aliphatic carbocycles. The summed E-state index contributed by atoms with van der Waals surface area (Å²) in [6.07, 6.45) is 6.37. The second-order valence-electron chi connectivity index (χ2n) is 6.68. The SMILES string of the molecule is CCC1CCCCCN1C(=O)CC(N)C(C)(C)C. The van der Waals surface area contributed by atoms with Crippen LogP contribution in [0, 0.1) is 5.41 Å². The van der Waals surface area contributed by atoms with Crippen LogP contribution in [0.4, 0.5) is 0 Å². The second-order valence-corrected chi connectivity index (χ2v) is 6.68. The molecule has 1 aliphatic rings. The summed E-state index contributed by atoms with van der Waals surface area (Å²) in [7, 11) is 0. The number of carbonyl (C=O) groups excluding carboxylic acids is 1. The molecule has 1 saturated heterocycles. The topological polar surface area (TPSA) is 46.3 Å². The smallest absolute Gasteiger partial charge is 0.224 e. The summed E-state index contributed by atoms with van der Waals surface area (Å²) < 4.78 is 0. The van der Waals surface area contributed by atoms with Crippen molar-refractivity contribution in [2.45, 2.75) is 78.3 Å². The van der Waals surface area contributed by atoms with Crippen molar-refractivity contribution >= 4 is 5.91 Å². The Kier molecular flexibility index (Phi) is 5.64. The van der Waals surface area contributed by atoms with Crippen LogP contribution in [0.25, 0.3) is 0 Å². The first kappa shape index (κ1) is 15.5. The molecule has 0 spiro atoms. The molecule has 0 aromatic heterocycles. The van der Waals surface area contributed by atoms with Crippen LogP contribution in [0.1, 0.15) is 66.2 Å². The molecule has 0 aromatic rings. The van der Waals surface area contributed by atoms with Gasteiger partial charge in [-0.05, 0) is 24.7 Å². The highest BCUT2D eigenvalue weighted by molar-refractivity contribution is 5.77. The largest absolute Gasteiger partial charge is 0.340 e. The average molecular weight is 254 g/mol. The van der Waals surface area contributed by atoms with Crippen molar-refractivity contribution in [2.24, 2.45) is 11.1 Å². The molecule has 0 radical (unpaired) electrons. The number of hydrogen-bond acceptors (Lipinski definition) is 2. The van der Waals surface area contributed by atoms with Gasteiger partial charge in [0.05, 0.1) is 0 Å². The Balaban J connectivity index is 2.62. The van der Waals surface area contributed by atoms with Gasteiger partial charge in [-0.15, -0.1) is 0 Å². The van der Waals surface area contributed by atoms with Gasteiger partial charge in [-0.2, -0.15) is 0 Å². The highest BCUT2D eigenvalue weighted by atomic mass is 16.2. The molecule has 0 bridgehead atoms. The number of amides is 1. The number of rotatable bonds is 3. The van der Waals surface area contributed by atoms with Gasteiger partial charge in [-0.25, -0.2) is 0 Å². The number of nitrogens with zero attached hydrogens (tertiary/aromatic N) is 1. The van der Waals surface area contributed by atoms with Crippen LogP contribution >= 0.6 is 0 Å². The van der Waals surface area contributed by atoms with E-state index in [0.29, 0.717) is 12.5 Å². The third-order valence-corrected chi connectivity index (χ3v) is 4.18. The Morgan fingerprint density at radius 2 is 2.00 bits per heavy atom. The molecule has 2 N–H and O–H groups in total. The summed E-state index contributed by atoms with van der Waals surface area (Å²) in [5, 5.41) is 0. The summed E-state index contributed by atoms with van der Waals surface area (Å²) >= 11 is 0. The number of hydrogen-bond donors (Lipinski definition) is 1. The molecule has 3 nitrogen and oxygen atoms in total. The lowest BCUT2D eigenvalue weighted by molar-refractivity contribution is -0.134. The molecule has 3 heteroatoms. The van der Waals surface area contributed by atoms with Crippen molar-refractivity contribution in [2.75, 3.05) is 6.54 Å². The maximum atomic E-state index is 12.4. The van der Waals surface area contributed by atoms with Crippen LogP contribution in [0.5, 0.6) is 0 Å². The lowest BCUT2D eigenvalue weighted by atomic mass is 9.85. The molecule has 18 heavy (non-hydrogen) atoms. The summed E-state index contributed by atoms with van der Waals surface area (Å²) in [6.45, 7) is 9.41. The fourth-order valence-electron chi connectivity index (χ4n) is 2.54. The molecule has 2 atom stereocenters. The van der Waals surface area contributed by atoms with Crippen molar-refractivity contribution in [1.82, 2.24) is 4.90 Å². The third-order valence-electron chi connectivity index (χ3n) is 4.18. The summed E-state index contributed by atoms with van der Waals surface area (Å²) in [5.41, 5.74) is 6.14. The van der Waals surface area contributed by atoms with Gasteiger partial charge in [0.1, 0.15) is 0 Å². The van der Waals surface area contributed by atoms with E-state index in [9.17, 15) is 4.79 Å². The lowest BCUT2D eigenvalue weighted by Crippen LogP contribution is -2.45. The molecule has 2 unspecified atom stereocenters. The predicted molar refractivity (Wildman–Crippen MR) is 76.3 cm³/mol. The van der Waals surface area contributed by atoms with E-state index in [0.717, 1.165) is 25.8 Å². The van der Waals surface area contributed by atoms with E-state index in [-0.39, 0.29) is 17.4 Å². The van der Waals surface area contributed by atoms with Crippen LogP contribution in [0.3, 0.4) is 0 Å². The summed E-state index contributed by atoms with van der Waals surface area (Å²) in [5.74, 6) is 0.256. The van der Waals surface area contributed by atoms with Crippen molar-refractivity contribution in [1.29, 1.82) is 0 Å². The zero-order valence-electron chi connectivity index (χ0n) is 12.5. The van der Waals surface area contributed by atoms with Gasteiger partial charge < -0.3 is 10.6 Å². The lowest BCUT2D eigenvalue weighted by Gasteiger charge is -2.33. The molecule has 0 aromatic carbocycles. The number of likely N-dealkylation sites (tertiary alicyclic amines) is 1. The van der Waals surface area contributed by atoms with E-state index >= 15 is 0 Å². The van der Waals surface area contributed by atoms with E-state index < -0.39 is 0 Å². The predicted octanol–water partition coefficient (Wildman–Crippen LogP) is 2.93. The minimum atomic E-state index is -0.0502. The standard InChI is InChI=1S/C15H30N2O/c1-5-12-9-7-6-8-10-17(12)14(18)11-13(16)15(2,3)4/h12-13H,5-11,16H2,1-4H3. The van der Waals surface area contributed by atoms with Crippen LogP contribution in [0.2, 0.25) is 0 Å². The quantitative estimate of drug-likeness (QED) is 0.841. The molecular weight excluding hydrogens is 224 g/mol. The van der Waals surface area contributed by atoms with Crippen LogP contribution < -0.4 is 5.73 Å². The van der Waals surface area contributed by atoms with Gasteiger partial charge in [-0.1, -0.05) is 40.5 Å². The van der Waals surface area contributed by atoms with Crippen molar-refractivity contribution in [3.63, 3.8) is 0 Å². The van der Waals surface area contributed by atoms with E-state index in [2.05, 4.69) is 32.6 Å². The van der Waals surface area contributed by atoms with Gasteiger partial charge in [0, 0.05) is 25.0 Å². The maximum absolute atomic E-state index is 12.4. The fraction of sp³-hybridized carbons (Fsp3) is 0.933. The highest BCUT2D eigenvalue weighted by Crippen LogP contribution is 2.24. The Morgan fingerprint density at radius 1 is 1.33 bits per heavy atom. The molecule has 1 rings (SSSR count). The Bertz CT molecular complexity index is 270. The van der Waals surface area contributed by atoms with Crippen molar-refractivity contribution < 1.29 is 4.79 Å². The molecule has 106 valence electrons. The van der Waals surface area contributed by atoms with Gasteiger partial charge in [0.15, 0.2) is 0 Å². The zero-order valence-corrected chi connectivity index (χ0v) is 12.5. The van der Waals surface area contributed by atoms with Crippen molar-refractivity contribution in [3.8, 4) is 0 Å². The number of nitrogens with two attached hydrogens (primary N) is 1. The van der Waals surface area contributed by atoms with E-state index in [1.54, 1.807) is 0 Å². The first-order valence-electron chi connectivity index (χ1n) is 7.41. The Morgan fingerprint density at radius 3 is 2.56 bits per heavy atom. The Hall–Kier alpha value is -0.570. The normalized spacial score (nSPS) is 23.6. The van der Waals surface area contributed by atoms with Crippen LogP contribution in [-0.4, -0.2) is 29.4 Å². The molecule has 1 aliphatic heterocycles. The van der Waals surface area contributed by atoms with Gasteiger partial charge >= 0.3 is 0 Å². The van der Waals surface area contributed by atoms with Crippen molar-refractivity contribution in [3.05, 3.63) is 0 Å². The summed E-state index contributed by atoms with van der Waals surface area (Å²) in [4.78, 5) is 14.5. The van der Waals surface area contributed by atoms with Gasteiger partial charge in [-0.3, -0.25) is 4.79 Å². The van der Waals surface area contributed by atoms with Crippen LogP contribution in [-0.2, 0) is 4.79 Å². The van der Waals surface area contributed by atoms with E-state index in [1.165, 1.54) is 12.8 Å². The molecular formula is C15H30N2O. The molecule has 1 amide bonds. The minimum absolute atomic E-state index is 0.00320. The monoisotopic (exact) mass is 254 g/mol. The third kappa shape index (κ3) is 4.27. The maximum Gasteiger partial charge on any atom is 0.224 e. The van der Waals surface area contributed by atoms with Gasteiger partial charge in [0.2, 0.25) is 5.91 Å². The fourth-order valence-corrected chi connectivity index (χ4v) is 2.54. The zero-order chi connectivity index (χ0) is 13.8. The van der Waals surface area contributed by atoms with Crippen LogP contribution in [0.15, 0.2) is 0 Å². The second kappa shape index (κ2) is 6.55. The average Bonchev–Trinajstić information content (AvgIpc) is 2.52. The highest BCUT2D eigenvalue weighted by Gasteiger charge is 2.29.